The lowest BCUT2D eigenvalue weighted by molar-refractivity contribution is -0.131. The van der Waals surface area contributed by atoms with Gasteiger partial charge in [0.15, 0.2) is 11.5 Å². The van der Waals surface area contributed by atoms with Gasteiger partial charge in [0.2, 0.25) is 5.91 Å². The van der Waals surface area contributed by atoms with Crippen LogP contribution in [-0.2, 0) is 4.79 Å². The third-order valence-electron chi connectivity index (χ3n) is 4.67. The number of rotatable bonds is 4. The predicted octanol–water partition coefficient (Wildman–Crippen LogP) is 0.0957. The highest BCUT2D eigenvalue weighted by Gasteiger charge is 2.32. The Hall–Kier alpha value is -2.22. The van der Waals surface area contributed by atoms with Crippen LogP contribution in [-0.4, -0.2) is 81.5 Å². The van der Waals surface area contributed by atoms with E-state index in [2.05, 4.69) is 24.8 Å². The molecule has 0 spiro atoms. The molecule has 0 atom stereocenters. The summed E-state index contributed by atoms with van der Waals surface area (Å²) in [6.45, 7) is 3.96. The van der Waals surface area contributed by atoms with Gasteiger partial charge in [-0.25, -0.2) is 15.0 Å². The van der Waals surface area contributed by atoms with Crippen molar-refractivity contribution < 1.29 is 4.79 Å². The van der Waals surface area contributed by atoms with E-state index in [9.17, 15) is 4.79 Å². The largest absolute Gasteiger partial charge is 0.348 e. The van der Waals surface area contributed by atoms with Crippen LogP contribution in [0.5, 0.6) is 0 Å². The van der Waals surface area contributed by atoms with E-state index in [1.807, 2.05) is 16.8 Å². The SMILES string of the molecule is CN(CC(=O)N1CCN(C2CC2)CC1)c1ncnc2nc[nH]c12. The van der Waals surface area contributed by atoms with Gasteiger partial charge in [0.25, 0.3) is 0 Å². The van der Waals surface area contributed by atoms with Crippen LogP contribution in [0, 0.1) is 0 Å². The van der Waals surface area contributed by atoms with E-state index in [4.69, 9.17) is 0 Å². The van der Waals surface area contributed by atoms with Crippen molar-refractivity contribution in [3.63, 3.8) is 0 Å². The molecule has 2 aromatic rings. The number of fused-ring (bicyclic) bond motifs is 1. The van der Waals surface area contributed by atoms with E-state index in [1.54, 1.807) is 6.33 Å². The summed E-state index contributed by atoms with van der Waals surface area (Å²) in [6.07, 6.45) is 5.72. The molecule has 1 aliphatic carbocycles. The van der Waals surface area contributed by atoms with Gasteiger partial charge in [-0.2, -0.15) is 0 Å². The maximum atomic E-state index is 12.5. The molecule has 1 amide bonds. The summed E-state index contributed by atoms with van der Waals surface area (Å²) in [7, 11) is 1.88. The molecule has 4 rings (SSSR count). The number of amides is 1. The van der Waals surface area contributed by atoms with Crippen LogP contribution in [0.1, 0.15) is 12.8 Å². The Kier molecular flexibility index (Phi) is 3.60. The molecule has 1 aliphatic heterocycles. The van der Waals surface area contributed by atoms with E-state index in [1.165, 1.54) is 19.2 Å². The van der Waals surface area contributed by atoms with Gasteiger partial charge in [-0.3, -0.25) is 9.69 Å². The highest BCUT2D eigenvalue weighted by Crippen LogP contribution is 2.27. The normalized spacial score (nSPS) is 19.3. The number of anilines is 1. The summed E-state index contributed by atoms with van der Waals surface area (Å²) in [5.41, 5.74) is 1.38. The van der Waals surface area contributed by atoms with Crippen molar-refractivity contribution in [1.82, 2.24) is 29.7 Å². The highest BCUT2D eigenvalue weighted by atomic mass is 16.2. The predicted molar refractivity (Wildman–Crippen MR) is 86.1 cm³/mol. The van der Waals surface area contributed by atoms with Crippen LogP contribution < -0.4 is 4.90 Å². The Morgan fingerprint density at radius 2 is 2.04 bits per heavy atom. The lowest BCUT2D eigenvalue weighted by Crippen LogP contribution is -2.51. The molecule has 23 heavy (non-hydrogen) atoms. The molecule has 2 fully saturated rings. The molecule has 1 N–H and O–H groups in total. The smallest absolute Gasteiger partial charge is 0.242 e. The maximum absolute atomic E-state index is 12.5. The minimum atomic E-state index is 0.147. The second-order valence-corrected chi connectivity index (χ2v) is 6.30. The number of imidazole rings is 1. The van der Waals surface area contributed by atoms with Crippen molar-refractivity contribution in [3.8, 4) is 0 Å². The van der Waals surface area contributed by atoms with E-state index in [0.29, 0.717) is 18.0 Å². The number of aromatic amines is 1. The number of nitrogens with one attached hydrogen (secondary N) is 1. The summed E-state index contributed by atoms with van der Waals surface area (Å²) in [4.78, 5) is 34.4. The second-order valence-electron chi connectivity index (χ2n) is 6.30. The average Bonchev–Trinajstić information content (AvgIpc) is 3.31. The molecule has 2 aliphatic rings. The van der Waals surface area contributed by atoms with Crippen molar-refractivity contribution in [2.45, 2.75) is 18.9 Å². The van der Waals surface area contributed by atoms with Crippen LogP contribution in [0.25, 0.3) is 11.2 Å². The molecule has 8 nitrogen and oxygen atoms in total. The molecule has 0 aromatic carbocycles. The number of carbonyl (C=O) groups excluding carboxylic acids is 1. The fourth-order valence-electron chi connectivity index (χ4n) is 3.20. The van der Waals surface area contributed by atoms with Gasteiger partial charge >= 0.3 is 0 Å². The van der Waals surface area contributed by atoms with E-state index in [0.717, 1.165) is 37.7 Å². The minimum Gasteiger partial charge on any atom is -0.348 e. The maximum Gasteiger partial charge on any atom is 0.242 e. The highest BCUT2D eigenvalue weighted by molar-refractivity contribution is 5.87. The number of piperazine rings is 1. The first-order valence-corrected chi connectivity index (χ1v) is 8.09. The number of hydrogen-bond acceptors (Lipinski definition) is 6. The Morgan fingerprint density at radius 3 is 2.78 bits per heavy atom. The average molecular weight is 315 g/mol. The number of nitrogens with zero attached hydrogens (tertiary/aromatic N) is 6. The first-order chi connectivity index (χ1) is 11.2. The lowest BCUT2D eigenvalue weighted by atomic mass is 10.3. The Morgan fingerprint density at radius 1 is 1.26 bits per heavy atom. The van der Waals surface area contributed by atoms with Gasteiger partial charge in [0.05, 0.1) is 12.9 Å². The van der Waals surface area contributed by atoms with Crippen molar-refractivity contribution in [2.24, 2.45) is 0 Å². The van der Waals surface area contributed by atoms with Gasteiger partial charge in [-0.15, -0.1) is 0 Å². The van der Waals surface area contributed by atoms with Gasteiger partial charge in [-0.1, -0.05) is 0 Å². The zero-order valence-electron chi connectivity index (χ0n) is 13.3. The Balaban J connectivity index is 1.39. The van der Waals surface area contributed by atoms with Crippen LogP contribution >= 0.6 is 0 Å². The molecule has 3 heterocycles. The van der Waals surface area contributed by atoms with Gasteiger partial charge in [0, 0.05) is 39.3 Å². The Bertz CT molecular complexity index is 703. The molecule has 0 bridgehead atoms. The third kappa shape index (κ3) is 2.86. The molecular formula is C15H21N7O. The van der Waals surface area contributed by atoms with Gasteiger partial charge < -0.3 is 14.8 Å². The lowest BCUT2D eigenvalue weighted by Gasteiger charge is -2.35. The molecule has 1 saturated carbocycles. The number of aromatic nitrogens is 4. The monoisotopic (exact) mass is 315 g/mol. The van der Waals surface area contributed by atoms with E-state index in [-0.39, 0.29) is 5.91 Å². The molecule has 0 radical (unpaired) electrons. The molecule has 0 unspecified atom stereocenters. The molecule has 8 heteroatoms. The summed E-state index contributed by atoms with van der Waals surface area (Å²) in [5, 5.41) is 0. The topological polar surface area (TPSA) is 81.2 Å². The van der Waals surface area contributed by atoms with Crippen LogP contribution in [0.2, 0.25) is 0 Å². The summed E-state index contributed by atoms with van der Waals surface area (Å²) in [5.74, 6) is 0.853. The minimum absolute atomic E-state index is 0.147. The Labute approximate surface area is 134 Å². The number of carbonyl (C=O) groups is 1. The van der Waals surface area contributed by atoms with Crippen LogP contribution in [0.3, 0.4) is 0 Å². The van der Waals surface area contributed by atoms with Crippen molar-refractivity contribution in [3.05, 3.63) is 12.7 Å². The van der Waals surface area contributed by atoms with Gasteiger partial charge in [0.1, 0.15) is 11.8 Å². The summed E-state index contributed by atoms with van der Waals surface area (Å²) < 4.78 is 0. The summed E-state index contributed by atoms with van der Waals surface area (Å²) in [6, 6.07) is 0.782. The third-order valence-corrected chi connectivity index (χ3v) is 4.67. The van der Waals surface area contributed by atoms with Crippen molar-refractivity contribution >= 4 is 22.9 Å². The number of likely N-dealkylation sites (N-methyl/N-ethyl adjacent to an activating group) is 1. The standard InChI is InChI=1S/C15H21N7O/c1-20(15-13-14(17-9-16-13)18-10-19-15)8-12(23)22-6-4-21(5-7-22)11-2-3-11/h9-11H,2-8H2,1H3,(H,16,17,18,19). The first kappa shape index (κ1) is 14.4. The fraction of sp³-hybridized carbons (Fsp3) is 0.600. The van der Waals surface area contributed by atoms with Crippen molar-refractivity contribution in [1.29, 1.82) is 0 Å². The first-order valence-electron chi connectivity index (χ1n) is 8.09. The number of hydrogen-bond donors (Lipinski definition) is 1. The second kappa shape index (κ2) is 5.77. The molecule has 122 valence electrons. The number of H-pyrrole nitrogens is 1. The van der Waals surface area contributed by atoms with E-state index < -0.39 is 0 Å². The zero-order chi connectivity index (χ0) is 15.8. The van der Waals surface area contributed by atoms with Crippen LogP contribution in [0.15, 0.2) is 12.7 Å². The molecule has 2 aromatic heterocycles. The quantitative estimate of drug-likeness (QED) is 0.861. The zero-order valence-corrected chi connectivity index (χ0v) is 13.3. The van der Waals surface area contributed by atoms with Gasteiger partial charge in [-0.05, 0) is 12.8 Å². The molecule has 1 saturated heterocycles. The van der Waals surface area contributed by atoms with E-state index >= 15 is 0 Å². The summed E-state index contributed by atoms with van der Waals surface area (Å²) >= 11 is 0. The fourth-order valence-corrected chi connectivity index (χ4v) is 3.20. The van der Waals surface area contributed by atoms with Crippen molar-refractivity contribution in [2.75, 3.05) is 44.7 Å². The van der Waals surface area contributed by atoms with Crippen LogP contribution in [0.4, 0.5) is 5.82 Å². The molecular weight excluding hydrogens is 294 g/mol.